The molecule has 0 aromatic rings. The van der Waals surface area contributed by atoms with Gasteiger partial charge in [0.05, 0.1) is 5.16 Å². The highest BCUT2D eigenvalue weighted by atomic mass is 31.0. The van der Waals surface area contributed by atoms with E-state index in [1.807, 2.05) is 6.92 Å². The summed E-state index contributed by atoms with van der Waals surface area (Å²) in [7, 11) is 4.35. The Morgan fingerprint density at radius 3 is 2.36 bits per heavy atom. The molecule has 0 rings (SSSR count). The third kappa shape index (κ3) is 2.78. The van der Waals surface area contributed by atoms with Gasteiger partial charge in [-0.15, -0.1) is 9.24 Å². The first-order chi connectivity index (χ1) is 5.10. The van der Waals surface area contributed by atoms with Gasteiger partial charge in [-0.2, -0.15) is 0 Å². The fraction of sp³-hybridized carbons (Fsp3) is 0.875. The molecule has 2 unspecified atom stereocenters. The zero-order valence-corrected chi connectivity index (χ0v) is 8.76. The van der Waals surface area contributed by atoms with Crippen molar-refractivity contribution in [2.24, 2.45) is 0 Å². The van der Waals surface area contributed by atoms with Crippen LogP contribution in [0.4, 0.5) is 0 Å². The van der Waals surface area contributed by atoms with Crippen LogP contribution < -0.4 is 5.32 Å². The third-order valence-corrected chi connectivity index (χ3v) is 2.97. The summed E-state index contributed by atoms with van der Waals surface area (Å²) in [4.78, 5) is 11.3. The largest absolute Gasteiger partial charge is 0.358 e. The monoisotopic (exact) mass is 175 g/mol. The van der Waals surface area contributed by atoms with Gasteiger partial charge in [-0.1, -0.05) is 20.3 Å². The molecule has 11 heavy (non-hydrogen) atoms. The first kappa shape index (κ1) is 10.9. The molecule has 0 heterocycles. The summed E-state index contributed by atoms with van der Waals surface area (Å²) in [6.45, 7) is 4.13. The van der Waals surface area contributed by atoms with Gasteiger partial charge in [-0.25, -0.2) is 0 Å². The maximum atomic E-state index is 11.3. The summed E-state index contributed by atoms with van der Waals surface area (Å²) >= 11 is 0. The van der Waals surface area contributed by atoms with Crippen LogP contribution in [0.5, 0.6) is 0 Å². The molecule has 0 spiro atoms. The van der Waals surface area contributed by atoms with Gasteiger partial charge in [0.2, 0.25) is 5.91 Å². The van der Waals surface area contributed by atoms with Crippen LogP contribution in [0.1, 0.15) is 33.1 Å². The third-order valence-electron chi connectivity index (χ3n) is 2.01. The second-order valence-corrected chi connectivity index (χ2v) is 3.94. The maximum Gasteiger partial charge on any atom is 0.229 e. The maximum absolute atomic E-state index is 11.3. The number of nitrogens with one attached hydrogen (secondary N) is 1. The molecular weight excluding hydrogens is 157 g/mol. The van der Waals surface area contributed by atoms with E-state index >= 15 is 0 Å². The molecule has 0 radical (unpaired) electrons. The molecule has 0 aromatic carbocycles. The standard InChI is InChI=1S/C8H18NOP/c1-4-6-8(11,5-2)7(10)9-3/h4-6,11H2,1-3H3,(H,9,10). The Bertz CT molecular complexity index is 138. The smallest absolute Gasteiger partial charge is 0.229 e. The lowest BCUT2D eigenvalue weighted by atomic mass is 9.98. The molecule has 0 saturated heterocycles. The van der Waals surface area contributed by atoms with Gasteiger partial charge >= 0.3 is 0 Å². The molecule has 66 valence electrons. The lowest BCUT2D eigenvalue weighted by Crippen LogP contribution is -2.39. The van der Waals surface area contributed by atoms with E-state index in [-0.39, 0.29) is 11.1 Å². The first-order valence-corrected chi connectivity index (χ1v) is 4.69. The van der Waals surface area contributed by atoms with Crippen molar-refractivity contribution >= 4 is 15.1 Å². The van der Waals surface area contributed by atoms with Crippen LogP contribution in [-0.2, 0) is 4.79 Å². The lowest BCUT2D eigenvalue weighted by molar-refractivity contribution is -0.123. The Morgan fingerprint density at radius 2 is 2.09 bits per heavy atom. The molecule has 2 atom stereocenters. The molecule has 0 bridgehead atoms. The highest BCUT2D eigenvalue weighted by molar-refractivity contribution is 7.21. The Labute approximate surface area is 71.3 Å². The molecule has 0 aliphatic heterocycles. The zero-order chi connectivity index (χ0) is 8.91. The summed E-state index contributed by atoms with van der Waals surface area (Å²) in [6, 6.07) is 0. The van der Waals surface area contributed by atoms with E-state index in [0.29, 0.717) is 0 Å². The normalized spacial score (nSPS) is 15.6. The van der Waals surface area contributed by atoms with E-state index in [0.717, 1.165) is 19.3 Å². The molecule has 0 aliphatic carbocycles. The highest BCUT2D eigenvalue weighted by Crippen LogP contribution is 2.28. The number of carbonyl (C=O) groups excluding carboxylic acids is 1. The van der Waals surface area contributed by atoms with Gasteiger partial charge in [0.25, 0.3) is 0 Å². The van der Waals surface area contributed by atoms with Gasteiger partial charge in [0, 0.05) is 7.05 Å². The van der Waals surface area contributed by atoms with Crippen LogP contribution in [0, 0.1) is 0 Å². The summed E-state index contributed by atoms with van der Waals surface area (Å²) in [5.74, 6) is 0.131. The van der Waals surface area contributed by atoms with E-state index < -0.39 is 0 Å². The van der Waals surface area contributed by atoms with Gasteiger partial charge in [-0.3, -0.25) is 4.79 Å². The number of rotatable bonds is 4. The average Bonchev–Trinajstić information content (AvgIpc) is 2.03. The SMILES string of the molecule is CCCC(P)(CC)C(=O)NC. The minimum absolute atomic E-state index is 0.131. The molecule has 0 aliphatic rings. The number of amides is 1. The van der Waals surface area contributed by atoms with Crippen LogP contribution >= 0.6 is 9.24 Å². The Morgan fingerprint density at radius 1 is 1.55 bits per heavy atom. The quantitative estimate of drug-likeness (QED) is 0.645. The van der Waals surface area contributed by atoms with Crippen molar-refractivity contribution in [2.45, 2.75) is 38.3 Å². The Kier molecular flexibility index (Phi) is 4.67. The van der Waals surface area contributed by atoms with Crippen LogP contribution in [0.3, 0.4) is 0 Å². The van der Waals surface area contributed by atoms with Crippen molar-refractivity contribution in [3.8, 4) is 0 Å². The van der Waals surface area contributed by atoms with Crippen LogP contribution in [0.25, 0.3) is 0 Å². The van der Waals surface area contributed by atoms with Gasteiger partial charge in [0.15, 0.2) is 0 Å². The van der Waals surface area contributed by atoms with Gasteiger partial charge in [0.1, 0.15) is 0 Å². The first-order valence-electron chi connectivity index (χ1n) is 4.11. The van der Waals surface area contributed by atoms with Crippen LogP contribution in [0.2, 0.25) is 0 Å². The minimum Gasteiger partial charge on any atom is -0.358 e. The second kappa shape index (κ2) is 4.71. The van der Waals surface area contributed by atoms with Gasteiger partial charge in [-0.05, 0) is 12.8 Å². The van der Waals surface area contributed by atoms with E-state index in [4.69, 9.17) is 0 Å². The summed E-state index contributed by atoms with van der Waals surface area (Å²) in [5.41, 5.74) is 0. The molecule has 0 aromatic heterocycles. The lowest BCUT2D eigenvalue weighted by Gasteiger charge is -2.24. The predicted molar refractivity (Wildman–Crippen MR) is 51.7 cm³/mol. The predicted octanol–water partition coefficient (Wildman–Crippen LogP) is 1.56. The molecule has 3 heteroatoms. The highest BCUT2D eigenvalue weighted by Gasteiger charge is 2.28. The fourth-order valence-electron chi connectivity index (χ4n) is 1.15. The molecule has 1 amide bonds. The van der Waals surface area contributed by atoms with Gasteiger partial charge < -0.3 is 5.32 Å². The molecule has 2 nitrogen and oxygen atoms in total. The summed E-state index contributed by atoms with van der Waals surface area (Å²) in [5, 5.41) is 2.45. The fourth-order valence-corrected chi connectivity index (χ4v) is 1.58. The zero-order valence-electron chi connectivity index (χ0n) is 7.61. The van der Waals surface area contributed by atoms with Crippen LogP contribution in [0.15, 0.2) is 0 Å². The number of hydrogen-bond acceptors (Lipinski definition) is 1. The van der Waals surface area contributed by atoms with E-state index in [9.17, 15) is 4.79 Å². The Balaban J connectivity index is 4.19. The molecular formula is C8H18NOP. The van der Waals surface area contributed by atoms with Crippen molar-refractivity contribution < 1.29 is 4.79 Å². The van der Waals surface area contributed by atoms with Crippen molar-refractivity contribution in [2.75, 3.05) is 7.05 Å². The van der Waals surface area contributed by atoms with E-state index in [1.54, 1.807) is 7.05 Å². The van der Waals surface area contributed by atoms with Crippen molar-refractivity contribution in [3.63, 3.8) is 0 Å². The van der Waals surface area contributed by atoms with Crippen LogP contribution in [-0.4, -0.2) is 18.1 Å². The molecule has 1 N–H and O–H groups in total. The van der Waals surface area contributed by atoms with E-state index in [1.165, 1.54) is 0 Å². The summed E-state index contributed by atoms with van der Waals surface area (Å²) in [6.07, 6.45) is 2.86. The van der Waals surface area contributed by atoms with Crippen molar-refractivity contribution in [1.82, 2.24) is 5.32 Å². The van der Waals surface area contributed by atoms with E-state index in [2.05, 4.69) is 21.5 Å². The van der Waals surface area contributed by atoms with Crippen molar-refractivity contribution in [3.05, 3.63) is 0 Å². The number of hydrogen-bond donors (Lipinski definition) is 1. The topological polar surface area (TPSA) is 29.1 Å². The molecule has 0 fully saturated rings. The number of carbonyl (C=O) groups is 1. The Hall–Kier alpha value is -0.100. The summed E-state index contributed by atoms with van der Waals surface area (Å²) < 4.78 is 0. The molecule has 0 saturated carbocycles. The van der Waals surface area contributed by atoms with Crippen molar-refractivity contribution in [1.29, 1.82) is 0 Å². The average molecular weight is 175 g/mol. The minimum atomic E-state index is -0.233. The second-order valence-electron chi connectivity index (χ2n) is 2.84.